The second-order valence-corrected chi connectivity index (χ2v) is 5.38. The molecule has 0 bridgehead atoms. The van der Waals surface area contributed by atoms with Gasteiger partial charge in [0.2, 0.25) is 0 Å². The summed E-state index contributed by atoms with van der Waals surface area (Å²) in [5.41, 5.74) is 3.95. The molecule has 1 aromatic heterocycles. The number of para-hydroxylation sites is 2. The number of ether oxygens (including phenoxy) is 2. The molecule has 0 saturated heterocycles. The van der Waals surface area contributed by atoms with Crippen molar-refractivity contribution in [3.05, 3.63) is 66.4 Å². The maximum absolute atomic E-state index is 12.0. The lowest BCUT2D eigenvalue weighted by atomic mass is 10.2. The van der Waals surface area contributed by atoms with Crippen LogP contribution in [-0.2, 0) is 4.79 Å². The first-order valence-electron chi connectivity index (χ1n) is 8.28. The average molecular weight is 349 g/mol. The molecule has 0 aliphatic carbocycles. The summed E-state index contributed by atoms with van der Waals surface area (Å²) >= 11 is 0. The maximum atomic E-state index is 12.0. The number of hydrogen-bond donors (Lipinski definition) is 1. The van der Waals surface area contributed by atoms with Crippen molar-refractivity contribution in [2.75, 3.05) is 13.2 Å². The molecule has 0 unspecified atom stereocenters. The van der Waals surface area contributed by atoms with Gasteiger partial charge in [-0.15, -0.1) is 0 Å². The van der Waals surface area contributed by atoms with Crippen LogP contribution in [0.1, 0.15) is 12.5 Å². The fourth-order valence-corrected chi connectivity index (χ4v) is 2.42. The molecule has 26 heavy (non-hydrogen) atoms. The molecule has 1 amide bonds. The van der Waals surface area contributed by atoms with E-state index in [1.807, 2.05) is 55.5 Å². The first-order chi connectivity index (χ1) is 12.8. The molecule has 6 nitrogen and oxygen atoms in total. The van der Waals surface area contributed by atoms with E-state index in [0.717, 1.165) is 16.5 Å². The number of nitrogens with zero attached hydrogens (tertiary/aromatic N) is 2. The minimum atomic E-state index is -0.358. The van der Waals surface area contributed by atoms with Gasteiger partial charge >= 0.3 is 0 Å². The molecule has 6 heteroatoms. The minimum absolute atomic E-state index is 0.153. The molecule has 0 saturated carbocycles. The van der Waals surface area contributed by atoms with Crippen molar-refractivity contribution >= 4 is 23.0 Å². The molecule has 0 aliphatic heterocycles. The van der Waals surface area contributed by atoms with Gasteiger partial charge in [-0.1, -0.05) is 30.3 Å². The number of carbonyl (C=O) groups excluding carboxylic acids is 1. The van der Waals surface area contributed by atoms with Crippen molar-refractivity contribution in [2.24, 2.45) is 5.10 Å². The van der Waals surface area contributed by atoms with Gasteiger partial charge in [-0.25, -0.2) is 5.43 Å². The number of pyridine rings is 1. The standard InChI is InChI=1S/C20H19N3O3/c1-2-25-17-10-4-3-7-16(17)13-22-23-19(24)14-26-18-11-5-8-15-9-6-12-21-20(15)18/h3-13H,2,14H2,1H3,(H,23,24)/b22-13+. The number of rotatable bonds is 7. The van der Waals surface area contributed by atoms with E-state index in [-0.39, 0.29) is 12.5 Å². The molecule has 0 spiro atoms. The number of benzene rings is 2. The lowest BCUT2D eigenvalue weighted by molar-refractivity contribution is -0.123. The first kappa shape index (κ1) is 17.4. The summed E-state index contributed by atoms with van der Waals surface area (Å²) in [6, 6.07) is 16.8. The maximum Gasteiger partial charge on any atom is 0.277 e. The van der Waals surface area contributed by atoms with Crippen LogP contribution in [0.3, 0.4) is 0 Å². The smallest absolute Gasteiger partial charge is 0.277 e. The third-order valence-corrected chi connectivity index (χ3v) is 3.57. The molecule has 0 atom stereocenters. The Balaban J connectivity index is 1.58. The van der Waals surface area contributed by atoms with Gasteiger partial charge in [-0.2, -0.15) is 5.10 Å². The molecule has 1 N–H and O–H groups in total. The molecule has 0 aliphatic rings. The van der Waals surface area contributed by atoms with Crippen LogP contribution >= 0.6 is 0 Å². The number of nitrogens with one attached hydrogen (secondary N) is 1. The van der Waals surface area contributed by atoms with Gasteiger partial charge in [0.05, 0.1) is 12.8 Å². The van der Waals surface area contributed by atoms with E-state index in [2.05, 4.69) is 15.5 Å². The van der Waals surface area contributed by atoms with Crippen LogP contribution in [0.4, 0.5) is 0 Å². The quantitative estimate of drug-likeness (QED) is 0.525. The summed E-state index contributed by atoms with van der Waals surface area (Å²) in [6.07, 6.45) is 3.23. The predicted octanol–water partition coefficient (Wildman–Crippen LogP) is 3.16. The van der Waals surface area contributed by atoms with Crippen LogP contribution < -0.4 is 14.9 Å². The highest BCUT2D eigenvalue weighted by molar-refractivity contribution is 5.86. The Morgan fingerprint density at radius 2 is 1.88 bits per heavy atom. The van der Waals surface area contributed by atoms with Crippen molar-refractivity contribution in [1.29, 1.82) is 0 Å². The van der Waals surface area contributed by atoms with Gasteiger partial charge in [0.1, 0.15) is 17.0 Å². The zero-order chi connectivity index (χ0) is 18.2. The van der Waals surface area contributed by atoms with Crippen LogP contribution in [0.25, 0.3) is 10.9 Å². The van der Waals surface area contributed by atoms with E-state index in [1.165, 1.54) is 0 Å². The highest BCUT2D eigenvalue weighted by atomic mass is 16.5. The van der Waals surface area contributed by atoms with Gasteiger partial charge in [-0.05, 0) is 31.2 Å². The molecule has 0 fully saturated rings. The summed E-state index contributed by atoms with van der Waals surface area (Å²) in [7, 11) is 0. The Labute approximate surface area is 151 Å². The lowest BCUT2D eigenvalue weighted by Gasteiger charge is -2.08. The summed E-state index contributed by atoms with van der Waals surface area (Å²) in [5.74, 6) is 0.915. The zero-order valence-electron chi connectivity index (χ0n) is 14.4. The second kappa shape index (κ2) is 8.62. The molecule has 0 radical (unpaired) electrons. The molecule has 3 aromatic rings. The molecule has 1 heterocycles. The summed E-state index contributed by atoms with van der Waals surface area (Å²) < 4.78 is 11.1. The van der Waals surface area contributed by atoms with Gasteiger partial charge in [0, 0.05) is 17.1 Å². The van der Waals surface area contributed by atoms with Gasteiger partial charge in [0.15, 0.2) is 6.61 Å². The van der Waals surface area contributed by atoms with Gasteiger partial charge < -0.3 is 9.47 Å². The molecular formula is C20H19N3O3. The third kappa shape index (κ3) is 4.36. The average Bonchev–Trinajstić information content (AvgIpc) is 2.68. The number of aromatic nitrogens is 1. The first-order valence-corrected chi connectivity index (χ1v) is 8.28. The monoisotopic (exact) mass is 349 g/mol. The summed E-state index contributed by atoms with van der Waals surface area (Å²) in [5, 5.41) is 4.91. The van der Waals surface area contributed by atoms with E-state index < -0.39 is 0 Å². The van der Waals surface area contributed by atoms with E-state index >= 15 is 0 Å². The van der Waals surface area contributed by atoms with Crippen molar-refractivity contribution in [3.8, 4) is 11.5 Å². The Hall–Kier alpha value is -3.41. The SMILES string of the molecule is CCOc1ccccc1/C=N/NC(=O)COc1cccc2cccnc12. The number of fused-ring (bicyclic) bond motifs is 1. The molecule has 3 rings (SSSR count). The molecular weight excluding hydrogens is 330 g/mol. The van der Waals surface area contributed by atoms with E-state index in [9.17, 15) is 4.79 Å². The molecule has 132 valence electrons. The van der Waals surface area contributed by atoms with Crippen LogP contribution in [0.2, 0.25) is 0 Å². The predicted molar refractivity (Wildman–Crippen MR) is 101 cm³/mol. The largest absolute Gasteiger partial charge is 0.493 e. The highest BCUT2D eigenvalue weighted by Crippen LogP contribution is 2.22. The van der Waals surface area contributed by atoms with Crippen LogP contribution in [0.5, 0.6) is 11.5 Å². The Kier molecular flexibility index (Phi) is 5.77. The van der Waals surface area contributed by atoms with E-state index in [4.69, 9.17) is 9.47 Å². The Bertz CT molecular complexity index is 920. The van der Waals surface area contributed by atoms with Crippen molar-refractivity contribution < 1.29 is 14.3 Å². The zero-order valence-corrected chi connectivity index (χ0v) is 14.4. The summed E-state index contributed by atoms with van der Waals surface area (Å²) in [4.78, 5) is 16.2. The normalized spacial score (nSPS) is 10.8. The van der Waals surface area contributed by atoms with Crippen LogP contribution in [0.15, 0.2) is 65.9 Å². The van der Waals surface area contributed by atoms with Gasteiger partial charge in [0.25, 0.3) is 5.91 Å². The fraction of sp³-hybridized carbons (Fsp3) is 0.150. The van der Waals surface area contributed by atoms with Crippen LogP contribution in [0, 0.1) is 0 Å². The van der Waals surface area contributed by atoms with Crippen molar-refractivity contribution in [1.82, 2.24) is 10.4 Å². The number of amides is 1. The number of carbonyl (C=O) groups is 1. The summed E-state index contributed by atoms with van der Waals surface area (Å²) in [6.45, 7) is 2.32. The van der Waals surface area contributed by atoms with Gasteiger partial charge in [-0.3, -0.25) is 9.78 Å². The van der Waals surface area contributed by atoms with E-state index in [1.54, 1.807) is 18.5 Å². The van der Waals surface area contributed by atoms with Crippen molar-refractivity contribution in [2.45, 2.75) is 6.92 Å². The van der Waals surface area contributed by atoms with Crippen LogP contribution in [-0.4, -0.2) is 30.3 Å². The number of hydrogen-bond acceptors (Lipinski definition) is 5. The fourth-order valence-electron chi connectivity index (χ4n) is 2.42. The topological polar surface area (TPSA) is 72.8 Å². The third-order valence-electron chi connectivity index (χ3n) is 3.57. The Morgan fingerprint density at radius 3 is 2.77 bits per heavy atom. The number of hydrazone groups is 1. The second-order valence-electron chi connectivity index (χ2n) is 5.38. The lowest BCUT2D eigenvalue weighted by Crippen LogP contribution is -2.24. The highest BCUT2D eigenvalue weighted by Gasteiger charge is 2.06. The minimum Gasteiger partial charge on any atom is -0.493 e. The Morgan fingerprint density at radius 1 is 1.08 bits per heavy atom. The van der Waals surface area contributed by atoms with E-state index in [0.29, 0.717) is 18.1 Å². The molecule has 2 aromatic carbocycles. The van der Waals surface area contributed by atoms with Crippen molar-refractivity contribution in [3.63, 3.8) is 0 Å².